The summed E-state index contributed by atoms with van der Waals surface area (Å²) in [5.41, 5.74) is -0.657. The first-order valence-electron chi connectivity index (χ1n) is 7.86. The maximum atomic E-state index is 12.4. The lowest BCUT2D eigenvalue weighted by molar-refractivity contribution is -0.274. The molecule has 0 spiro atoms. The average Bonchev–Trinajstić information content (AvgIpc) is 2.61. The van der Waals surface area contributed by atoms with Crippen LogP contribution in [0.2, 0.25) is 0 Å². The summed E-state index contributed by atoms with van der Waals surface area (Å²) < 4.78 is 41.1. The Labute approximate surface area is 147 Å². The number of benzene rings is 1. The summed E-state index contributed by atoms with van der Waals surface area (Å²) in [6, 6.07) is 10.5. The molecule has 1 aliphatic rings. The van der Waals surface area contributed by atoms with Crippen molar-refractivity contribution >= 4 is 5.82 Å². The zero-order valence-electron chi connectivity index (χ0n) is 13.6. The van der Waals surface area contributed by atoms with Crippen LogP contribution < -0.4 is 9.64 Å². The molecule has 0 aliphatic carbocycles. The largest absolute Gasteiger partial charge is 0.573 e. The van der Waals surface area contributed by atoms with Gasteiger partial charge in [-0.25, -0.2) is 0 Å². The number of halogens is 3. The van der Waals surface area contributed by atoms with E-state index in [2.05, 4.69) is 14.9 Å². The molecule has 3 rings (SSSR count). The molecule has 1 fully saturated rings. The van der Waals surface area contributed by atoms with Crippen LogP contribution >= 0.6 is 0 Å². The Morgan fingerprint density at radius 2 is 1.88 bits per heavy atom. The Bertz CT molecular complexity index is 810. The molecule has 0 unspecified atom stereocenters. The molecule has 1 aromatic carbocycles. The Morgan fingerprint density at radius 3 is 2.46 bits per heavy atom. The molecular weight excluding hydrogens is 349 g/mol. The number of nitriles is 1. The molecule has 2 heterocycles. The number of alkyl halides is 3. The topological polar surface area (TPSA) is 82.3 Å². The van der Waals surface area contributed by atoms with Crippen molar-refractivity contribution in [3.63, 3.8) is 0 Å². The van der Waals surface area contributed by atoms with E-state index in [1.165, 1.54) is 18.2 Å². The summed E-state index contributed by atoms with van der Waals surface area (Å²) in [6.07, 6.45) is -4.16. The fourth-order valence-electron chi connectivity index (χ4n) is 2.93. The van der Waals surface area contributed by atoms with Gasteiger partial charge in [-0.3, -0.25) is 0 Å². The van der Waals surface area contributed by atoms with E-state index in [0.29, 0.717) is 37.3 Å². The zero-order valence-corrected chi connectivity index (χ0v) is 13.6. The first kappa shape index (κ1) is 17.9. The van der Waals surface area contributed by atoms with Gasteiger partial charge in [0, 0.05) is 13.1 Å². The Balaban J connectivity index is 1.71. The van der Waals surface area contributed by atoms with E-state index in [0.717, 1.165) is 0 Å². The third-order valence-corrected chi connectivity index (χ3v) is 4.28. The van der Waals surface area contributed by atoms with E-state index in [-0.39, 0.29) is 11.4 Å². The van der Waals surface area contributed by atoms with Crippen molar-refractivity contribution in [3.05, 3.63) is 47.7 Å². The number of piperidine rings is 1. The minimum absolute atomic E-state index is 0.212. The van der Waals surface area contributed by atoms with Gasteiger partial charge in [-0.05, 0) is 42.7 Å². The smallest absolute Gasteiger partial charge is 0.406 e. The van der Waals surface area contributed by atoms with Gasteiger partial charge < -0.3 is 14.7 Å². The third kappa shape index (κ3) is 4.03. The molecule has 0 radical (unpaired) electrons. The molecule has 2 aromatic rings. The average molecular weight is 364 g/mol. The summed E-state index contributed by atoms with van der Waals surface area (Å²) >= 11 is 0. The monoisotopic (exact) mass is 364 g/mol. The summed E-state index contributed by atoms with van der Waals surface area (Å²) in [4.78, 5) is 1.90. The summed E-state index contributed by atoms with van der Waals surface area (Å²) in [5.74, 6) is 0.226. The molecule has 9 heteroatoms. The van der Waals surface area contributed by atoms with E-state index < -0.39 is 12.0 Å². The van der Waals surface area contributed by atoms with Gasteiger partial charge in [0.25, 0.3) is 0 Å². The van der Waals surface area contributed by atoms with Gasteiger partial charge in [-0.1, -0.05) is 12.1 Å². The van der Waals surface area contributed by atoms with Crippen molar-refractivity contribution in [1.29, 1.82) is 5.26 Å². The van der Waals surface area contributed by atoms with Crippen molar-refractivity contribution in [2.45, 2.75) is 24.8 Å². The second kappa shape index (κ2) is 6.80. The predicted molar refractivity (Wildman–Crippen MR) is 85.2 cm³/mol. The van der Waals surface area contributed by atoms with Crippen LogP contribution in [0.4, 0.5) is 19.0 Å². The van der Waals surface area contributed by atoms with Gasteiger partial charge in [-0.15, -0.1) is 23.4 Å². The van der Waals surface area contributed by atoms with Gasteiger partial charge in [0.2, 0.25) is 0 Å². The first-order chi connectivity index (χ1) is 12.3. The maximum Gasteiger partial charge on any atom is 0.573 e. The van der Waals surface area contributed by atoms with E-state index in [1.807, 2.05) is 11.0 Å². The Kier molecular flexibility index (Phi) is 4.70. The lowest BCUT2D eigenvalue weighted by Crippen LogP contribution is -2.43. The van der Waals surface area contributed by atoms with E-state index >= 15 is 0 Å². The van der Waals surface area contributed by atoms with Gasteiger partial charge in [0.05, 0.1) is 5.60 Å². The molecule has 1 N–H and O–H groups in total. The standard InChI is InChI=1S/C17H15F3N4O2/c18-17(19,20)26-14-3-1-2-12(10-14)16(25)6-8-24(9-7-16)15-5-4-13(11-21)22-23-15/h1-5,10,25H,6-9H2. The third-order valence-electron chi connectivity index (χ3n) is 4.28. The molecule has 1 saturated heterocycles. The number of aromatic nitrogens is 2. The Morgan fingerprint density at radius 1 is 1.15 bits per heavy atom. The minimum atomic E-state index is -4.78. The van der Waals surface area contributed by atoms with Crippen LogP contribution in [0.3, 0.4) is 0 Å². The molecule has 26 heavy (non-hydrogen) atoms. The van der Waals surface area contributed by atoms with Crippen LogP contribution in [-0.4, -0.2) is 34.8 Å². The molecule has 0 atom stereocenters. The van der Waals surface area contributed by atoms with Crippen LogP contribution in [0, 0.1) is 11.3 Å². The lowest BCUT2D eigenvalue weighted by atomic mass is 9.84. The first-order valence-corrected chi connectivity index (χ1v) is 7.86. The summed E-state index contributed by atoms with van der Waals surface area (Å²) in [6.45, 7) is 0.892. The molecule has 136 valence electrons. The summed E-state index contributed by atoms with van der Waals surface area (Å²) in [5, 5.41) is 27.4. The van der Waals surface area contributed by atoms with E-state index in [9.17, 15) is 18.3 Å². The highest BCUT2D eigenvalue weighted by molar-refractivity contribution is 5.41. The van der Waals surface area contributed by atoms with Gasteiger partial charge in [0.15, 0.2) is 11.5 Å². The number of ether oxygens (including phenoxy) is 1. The highest BCUT2D eigenvalue weighted by atomic mass is 19.4. The zero-order chi connectivity index (χ0) is 18.8. The molecule has 0 amide bonds. The second-order valence-corrected chi connectivity index (χ2v) is 5.98. The van der Waals surface area contributed by atoms with Gasteiger partial charge in [-0.2, -0.15) is 5.26 Å². The van der Waals surface area contributed by atoms with Crippen molar-refractivity contribution in [3.8, 4) is 11.8 Å². The number of aliphatic hydroxyl groups is 1. The van der Waals surface area contributed by atoms with Crippen LogP contribution in [0.5, 0.6) is 5.75 Å². The molecule has 6 nitrogen and oxygen atoms in total. The maximum absolute atomic E-state index is 12.4. The van der Waals surface area contributed by atoms with Crippen molar-refractivity contribution in [2.24, 2.45) is 0 Å². The quantitative estimate of drug-likeness (QED) is 0.902. The molecule has 0 bridgehead atoms. The van der Waals surface area contributed by atoms with Gasteiger partial charge in [0.1, 0.15) is 11.8 Å². The fraction of sp³-hybridized carbons (Fsp3) is 0.353. The number of hydrogen-bond acceptors (Lipinski definition) is 6. The summed E-state index contributed by atoms with van der Waals surface area (Å²) in [7, 11) is 0. The molecule has 1 aromatic heterocycles. The number of rotatable bonds is 3. The highest BCUT2D eigenvalue weighted by Gasteiger charge is 2.36. The predicted octanol–water partition coefficient (Wildman–Crippen LogP) is 2.73. The van der Waals surface area contributed by atoms with Crippen molar-refractivity contribution in [2.75, 3.05) is 18.0 Å². The SMILES string of the molecule is N#Cc1ccc(N2CCC(O)(c3cccc(OC(F)(F)F)c3)CC2)nn1. The van der Waals surface area contributed by atoms with Crippen LogP contribution in [0.15, 0.2) is 36.4 Å². The van der Waals surface area contributed by atoms with E-state index in [4.69, 9.17) is 5.26 Å². The Hall–Kier alpha value is -2.86. The fourth-order valence-corrected chi connectivity index (χ4v) is 2.93. The van der Waals surface area contributed by atoms with Crippen molar-refractivity contribution < 1.29 is 23.0 Å². The van der Waals surface area contributed by atoms with Crippen molar-refractivity contribution in [1.82, 2.24) is 10.2 Å². The van der Waals surface area contributed by atoms with Crippen LogP contribution in [-0.2, 0) is 5.60 Å². The lowest BCUT2D eigenvalue weighted by Gasteiger charge is -2.39. The van der Waals surface area contributed by atoms with Crippen LogP contribution in [0.25, 0.3) is 0 Å². The molecule has 1 aliphatic heterocycles. The number of anilines is 1. The number of nitrogens with zero attached hydrogens (tertiary/aromatic N) is 4. The molecule has 0 saturated carbocycles. The van der Waals surface area contributed by atoms with Crippen LogP contribution in [0.1, 0.15) is 24.1 Å². The number of hydrogen-bond donors (Lipinski definition) is 1. The van der Waals surface area contributed by atoms with Gasteiger partial charge >= 0.3 is 6.36 Å². The minimum Gasteiger partial charge on any atom is -0.406 e. The normalized spacial score (nSPS) is 16.8. The van der Waals surface area contributed by atoms with E-state index in [1.54, 1.807) is 18.2 Å². The highest BCUT2D eigenvalue weighted by Crippen LogP contribution is 2.36. The second-order valence-electron chi connectivity index (χ2n) is 5.98. The molecular formula is C17H15F3N4O2.